The van der Waals surface area contributed by atoms with E-state index >= 15 is 0 Å². The summed E-state index contributed by atoms with van der Waals surface area (Å²) >= 11 is 11.9. The first-order chi connectivity index (χ1) is 11.7. The number of halogens is 2. The number of hydrazone groups is 1. The first-order valence-corrected chi connectivity index (χ1v) is 8.04. The van der Waals surface area contributed by atoms with Crippen molar-refractivity contribution >= 4 is 41.0 Å². The highest BCUT2D eigenvalue weighted by molar-refractivity contribution is 6.53. The predicted molar refractivity (Wildman–Crippen MR) is 93.7 cm³/mol. The Morgan fingerprint density at radius 2 is 2.12 bits per heavy atom. The molecule has 0 saturated heterocycles. The van der Waals surface area contributed by atoms with Gasteiger partial charge in [-0.15, -0.1) is 23.2 Å². The van der Waals surface area contributed by atoms with Crippen LogP contribution in [-0.2, 0) is 4.79 Å². The summed E-state index contributed by atoms with van der Waals surface area (Å²) in [6, 6.07) is 9.38. The number of nitro groups is 1. The third kappa shape index (κ3) is 3.38. The van der Waals surface area contributed by atoms with Gasteiger partial charge in [0.1, 0.15) is 15.9 Å². The van der Waals surface area contributed by atoms with Crippen LogP contribution in [0.25, 0.3) is 11.3 Å². The summed E-state index contributed by atoms with van der Waals surface area (Å²) in [4.78, 5) is 22.3. The van der Waals surface area contributed by atoms with E-state index in [2.05, 4.69) is 10.5 Å². The van der Waals surface area contributed by atoms with E-state index in [-0.39, 0.29) is 11.6 Å². The Balaban J connectivity index is 1.67. The number of nitrogens with zero attached hydrogens (tertiary/aromatic N) is 2. The van der Waals surface area contributed by atoms with Gasteiger partial charge in [0.15, 0.2) is 0 Å². The SMILES string of the molecule is C[C@]1(C(=O)N/N=C\c2ccc(-c3cccc([N+](=O)[O-])c3)o2)CC1(Cl)Cl. The highest BCUT2D eigenvalue weighted by Crippen LogP contribution is 2.63. The summed E-state index contributed by atoms with van der Waals surface area (Å²) in [5, 5.41) is 14.6. The van der Waals surface area contributed by atoms with Crippen molar-refractivity contribution in [3.63, 3.8) is 0 Å². The minimum Gasteiger partial charge on any atom is -0.455 e. The molecule has 1 aromatic heterocycles. The Hall–Kier alpha value is -2.38. The molecule has 1 atom stereocenters. The fourth-order valence-electron chi connectivity index (χ4n) is 2.27. The van der Waals surface area contributed by atoms with Crippen molar-refractivity contribution in [1.29, 1.82) is 0 Å². The number of nitro benzene ring substituents is 1. The fraction of sp³-hybridized carbons (Fsp3) is 0.250. The molecule has 1 N–H and O–H groups in total. The van der Waals surface area contributed by atoms with Crippen molar-refractivity contribution in [3.05, 3.63) is 52.3 Å². The first kappa shape index (κ1) is 17.4. The summed E-state index contributed by atoms with van der Waals surface area (Å²) in [6.07, 6.45) is 1.69. The van der Waals surface area contributed by atoms with Gasteiger partial charge >= 0.3 is 0 Å². The van der Waals surface area contributed by atoms with E-state index in [1.165, 1.54) is 18.3 Å². The molecule has 0 aliphatic heterocycles. The van der Waals surface area contributed by atoms with E-state index in [0.29, 0.717) is 23.5 Å². The fourth-order valence-corrected chi connectivity index (χ4v) is 2.98. The second-order valence-electron chi connectivity index (χ2n) is 5.92. The van der Waals surface area contributed by atoms with Crippen LogP contribution in [-0.4, -0.2) is 21.4 Å². The van der Waals surface area contributed by atoms with Gasteiger partial charge in [-0.25, -0.2) is 5.43 Å². The molecule has 1 aliphatic carbocycles. The van der Waals surface area contributed by atoms with Gasteiger partial charge in [-0.1, -0.05) is 12.1 Å². The highest BCUT2D eigenvalue weighted by Gasteiger charge is 2.68. The van der Waals surface area contributed by atoms with Crippen LogP contribution in [0.15, 0.2) is 45.9 Å². The summed E-state index contributed by atoms with van der Waals surface area (Å²) < 4.78 is 4.49. The van der Waals surface area contributed by atoms with E-state index in [4.69, 9.17) is 27.6 Å². The van der Waals surface area contributed by atoms with E-state index in [0.717, 1.165) is 0 Å². The van der Waals surface area contributed by atoms with Gasteiger partial charge in [0.25, 0.3) is 5.69 Å². The van der Waals surface area contributed by atoms with Crippen molar-refractivity contribution in [3.8, 4) is 11.3 Å². The van der Waals surface area contributed by atoms with Crippen LogP contribution in [0.3, 0.4) is 0 Å². The summed E-state index contributed by atoms with van der Waals surface area (Å²) in [5.41, 5.74) is 2.06. The number of carbonyl (C=O) groups excluding carboxylic acids is 1. The normalized spacial score (nSPS) is 21.2. The lowest BCUT2D eigenvalue weighted by atomic mass is 10.1. The predicted octanol–water partition coefficient (Wildman–Crippen LogP) is 3.89. The van der Waals surface area contributed by atoms with Crippen molar-refractivity contribution in [2.45, 2.75) is 17.7 Å². The summed E-state index contributed by atoms with van der Waals surface area (Å²) in [5.74, 6) is 0.455. The maximum Gasteiger partial charge on any atom is 0.270 e. The van der Waals surface area contributed by atoms with Gasteiger partial charge in [0.05, 0.1) is 16.6 Å². The molecule has 2 aromatic rings. The van der Waals surface area contributed by atoms with Crippen molar-refractivity contribution < 1.29 is 14.1 Å². The molecule has 0 unspecified atom stereocenters. The zero-order chi connectivity index (χ0) is 18.2. The molecule has 130 valence electrons. The molecule has 0 spiro atoms. The molecule has 0 radical (unpaired) electrons. The maximum absolute atomic E-state index is 12.0. The van der Waals surface area contributed by atoms with Gasteiger partial charge < -0.3 is 4.42 Å². The monoisotopic (exact) mass is 381 g/mol. The number of alkyl halides is 2. The molecule has 3 rings (SSSR count). The zero-order valence-corrected chi connectivity index (χ0v) is 14.5. The van der Waals surface area contributed by atoms with Crippen LogP contribution in [0.5, 0.6) is 0 Å². The Kier molecular flexibility index (Phi) is 4.30. The third-order valence-corrected chi connectivity index (χ3v) is 5.19. The molecule has 25 heavy (non-hydrogen) atoms. The van der Waals surface area contributed by atoms with Crippen molar-refractivity contribution in [2.75, 3.05) is 0 Å². The van der Waals surface area contributed by atoms with Crippen molar-refractivity contribution in [2.24, 2.45) is 10.5 Å². The zero-order valence-electron chi connectivity index (χ0n) is 13.0. The molecule has 1 heterocycles. The lowest BCUT2D eigenvalue weighted by molar-refractivity contribution is -0.384. The number of amides is 1. The van der Waals surface area contributed by atoms with Gasteiger partial charge in [0, 0.05) is 17.7 Å². The van der Waals surface area contributed by atoms with E-state index in [9.17, 15) is 14.9 Å². The lowest BCUT2D eigenvalue weighted by Gasteiger charge is -2.08. The molecular formula is C16H13Cl2N3O4. The standard InChI is InChI=1S/C16H13Cl2N3O4/c1-15(9-16(15,17)18)14(22)20-19-8-12-5-6-13(25-12)10-3-2-4-11(7-10)21(23)24/h2-8H,9H2,1H3,(H,20,22)/b19-8-/t15-/m1/s1. The molecule has 9 heteroatoms. The number of non-ortho nitro benzene ring substituents is 1. The highest BCUT2D eigenvalue weighted by atomic mass is 35.5. The van der Waals surface area contributed by atoms with Gasteiger partial charge in [-0.2, -0.15) is 5.10 Å². The van der Waals surface area contributed by atoms with Crippen LogP contribution in [0.1, 0.15) is 19.1 Å². The number of hydrogen-bond donors (Lipinski definition) is 1. The Morgan fingerprint density at radius 1 is 1.40 bits per heavy atom. The number of carbonyl (C=O) groups is 1. The van der Waals surface area contributed by atoms with E-state index < -0.39 is 14.7 Å². The number of furan rings is 1. The molecule has 7 nitrogen and oxygen atoms in total. The van der Waals surface area contributed by atoms with Crippen LogP contribution in [0.4, 0.5) is 5.69 Å². The van der Waals surface area contributed by atoms with Crippen molar-refractivity contribution in [1.82, 2.24) is 5.43 Å². The number of nitrogens with one attached hydrogen (secondary N) is 1. The van der Waals surface area contributed by atoms with Gasteiger partial charge in [0.2, 0.25) is 5.91 Å². The molecule has 1 saturated carbocycles. The first-order valence-electron chi connectivity index (χ1n) is 7.29. The Bertz CT molecular complexity index is 878. The van der Waals surface area contributed by atoms with Crippen LogP contribution in [0, 0.1) is 15.5 Å². The minimum absolute atomic E-state index is 0.0281. The number of rotatable bonds is 5. The summed E-state index contributed by atoms with van der Waals surface area (Å²) in [7, 11) is 0. The second kappa shape index (κ2) is 6.16. The lowest BCUT2D eigenvalue weighted by Crippen LogP contribution is -2.29. The quantitative estimate of drug-likeness (QED) is 0.367. The topological polar surface area (TPSA) is 97.7 Å². The van der Waals surface area contributed by atoms with E-state index in [1.807, 2.05) is 0 Å². The van der Waals surface area contributed by atoms with Gasteiger partial charge in [-0.3, -0.25) is 14.9 Å². The molecule has 1 fully saturated rings. The molecule has 0 bridgehead atoms. The Labute approximate surface area is 152 Å². The maximum atomic E-state index is 12.0. The molecule has 1 aromatic carbocycles. The number of hydrogen-bond acceptors (Lipinski definition) is 5. The smallest absolute Gasteiger partial charge is 0.270 e. The summed E-state index contributed by atoms with van der Waals surface area (Å²) in [6.45, 7) is 1.66. The third-order valence-electron chi connectivity index (χ3n) is 4.09. The number of benzene rings is 1. The van der Waals surface area contributed by atoms with Crippen LogP contribution in [0.2, 0.25) is 0 Å². The van der Waals surface area contributed by atoms with E-state index in [1.54, 1.807) is 31.2 Å². The largest absolute Gasteiger partial charge is 0.455 e. The minimum atomic E-state index is -1.06. The molecule has 1 amide bonds. The average molecular weight is 382 g/mol. The second-order valence-corrected chi connectivity index (χ2v) is 7.41. The van der Waals surface area contributed by atoms with Gasteiger partial charge in [-0.05, 0) is 25.5 Å². The molecular weight excluding hydrogens is 369 g/mol. The molecule has 1 aliphatic rings. The Morgan fingerprint density at radius 3 is 2.76 bits per heavy atom. The van der Waals surface area contributed by atoms with Crippen LogP contribution < -0.4 is 5.43 Å². The van der Waals surface area contributed by atoms with Crippen LogP contribution >= 0.6 is 23.2 Å². The average Bonchev–Trinajstić information content (AvgIpc) is 2.90.